The van der Waals surface area contributed by atoms with Crippen LogP contribution in [0.1, 0.15) is 44.8 Å². The molecule has 1 saturated heterocycles. The van der Waals surface area contributed by atoms with Crippen molar-refractivity contribution in [2.24, 2.45) is 5.92 Å². The molecule has 0 aliphatic carbocycles. The fourth-order valence-corrected chi connectivity index (χ4v) is 2.39. The van der Waals surface area contributed by atoms with Crippen LogP contribution in [-0.4, -0.2) is 42.3 Å². The van der Waals surface area contributed by atoms with Gasteiger partial charge in [0.25, 0.3) is 5.88 Å². The van der Waals surface area contributed by atoms with E-state index in [9.17, 15) is 9.90 Å². The number of aromatic nitrogens is 1. The summed E-state index contributed by atoms with van der Waals surface area (Å²) in [6.07, 6.45) is 2.54. The van der Waals surface area contributed by atoms with Crippen LogP contribution in [0.25, 0.3) is 0 Å². The summed E-state index contributed by atoms with van der Waals surface area (Å²) in [4.78, 5) is 11.2. The Bertz CT molecular complexity index is 466. The van der Waals surface area contributed by atoms with Crippen LogP contribution >= 0.6 is 0 Å². The highest BCUT2D eigenvalue weighted by atomic mass is 16.7. The molecule has 1 aliphatic heterocycles. The van der Waals surface area contributed by atoms with Crippen molar-refractivity contribution < 1.29 is 28.6 Å². The Balaban J connectivity index is 1.71. The van der Waals surface area contributed by atoms with Gasteiger partial charge in [-0.15, -0.1) is 0 Å². The highest BCUT2D eigenvalue weighted by molar-refractivity contribution is 5.75. The van der Waals surface area contributed by atoms with E-state index in [0.29, 0.717) is 31.5 Å². The average molecular weight is 313 g/mol. The number of carbonyl (C=O) groups is 1. The minimum Gasteiger partial charge on any atom is -0.481 e. The SMILES string of the molecule is CC(C)C(C(=O)O)c1cc(OCCCCC2OCCO2)no1. The summed E-state index contributed by atoms with van der Waals surface area (Å²) >= 11 is 0. The molecule has 22 heavy (non-hydrogen) atoms. The van der Waals surface area contributed by atoms with Crippen LogP contribution in [0.5, 0.6) is 5.88 Å². The average Bonchev–Trinajstić information content (AvgIpc) is 3.09. The molecule has 1 atom stereocenters. The van der Waals surface area contributed by atoms with Crippen molar-refractivity contribution in [1.29, 1.82) is 0 Å². The molecule has 7 heteroatoms. The van der Waals surface area contributed by atoms with Crippen molar-refractivity contribution in [2.45, 2.75) is 45.3 Å². The van der Waals surface area contributed by atoms with Crippen LogP contribution in [0.2, 0.25) is 0 Å². The van der Waals surface area contributed by atoms with Crippen LogP contribution in [0, 0.1) is 5.92 Å². The van der Waals surface area contributed by atoms with Gasteiger partial charge in [0.15, 0.2) is 12.1 Å². The third-order valence-electron chi connectivity index (χ3n) is 3.52. The standard InChI is InChI=1S/C15H23NO6/c1-10(2)14(15(17)18)11-9-12(16-22-11)19-6-4-3-5-13-20-7-8-21-13/h9-10,13-14H,3-8H2,1-2H3,(H,17,18). The van der Waals surface area contributed by atoms with Crippen molar-refractivity contribution in [3.8, 4) is 5.88 Å². The smallest absolute Gasteiger partial charge is 0.314 e. The van der Waals surface area contributed by atoms with Gasteiger partial charge >= 0.3 is 5.97 Å². The topological polar surface area (TPSA) is 91.0 Å². The quantitative estimate of drug-likeness (QED) is 0.700. The van der Waals surface area contributed by atoms with Gasteiger partial charge in [-0.05, 0) is 30.3 Å². The van der Waals surface area contributed by atoms with Crippen molar-refractivity contribution in [3.63, 3.8) is 0 Å². The van der Waals surface area contributed by atoms with E-state index in [1.165, 1.54) is 0 Å². The Labute approximate surface area is 129 Å². The lowest BCUT2D eigenvalue weighted by molar-refractivity contribution is -0.140. The second kappa shape index (κ2) is 8.14. The molecule has 1 N–H and O–H groups in total. The first-order valence-corrected chi connectivity index (χ1v) is 7.63. The lowest BCUT2D eigenvalue weighted by Crippen LogP contribution is -2.16. The van der Waals surface area contributed by atoms with E-state index >= 15 is 0 Å². The van der Waals surface area contributed by atoms with Crippen LogP contribution in [0.4, 0.5) is 0 Å². The molecule has 2 rings (SSSR count). The second-order valence-electron chi connectivity index (χ2n) is 5.64. The number of aliphatic carboxylic acids is 1. The van der Waals surface area contributed by atoms with Gasteiger partial charge in [-0.25, -0.2) is 0 Å². The van der Waals surface area contributed by atoms with E-state index in [1.807, 2.05) is 13.8 Å². The van der Waals surface area contributed by atoms with E-state index in [1.54, 1.807) is 6.07 Å². The Morgan fingerprint density at radius 1 is 1.41 bits per heavy atom. The normalized spacial score (nSPS) is 17.0. The van der Waals surface area contributed by atoms with Crippen LogP contribution in [-0.2, 0) is 14.3 Å². The highest BCUT2D eigenvalue weighted by Gasteiger charge is 2.28. The predicted molar refractivity (Wildman–Crippen MR) is 76.8 cm³/mol. The number of hydrogen-bond acceptors (Lipinski definition) is 6. The van der Waals surface area contributed by atoms with E-state index < -0.39 is 11.9 Å². The Kier molecular flexibility index (Phi) is 6.21. The van der Waals surface area contributed by atoms with Gasteiger partial charge in [0.1, 0.15) is 5.92 Å². The van der Waals surface area contributed by atoms with Gasteiger partial charge in [0.2, 0.25) is 0 Å². The number of nitrogens with zero attached hydrogens (tertiary/aromatic N) is 1. The maximum atomic E-state index is 11.2. The summed E-state index contributed by atoms with van der Waals surface area (Å²) in [6, 6.07) is 1.56. The molecular weight excluding hydrogens is 290 g/mol. The molecule has 7 nitrogen and oxygen atoms in total. The number of carboxylic acid groups (broad SMARTS) is 1. The molecule has 0 spiro atoms. The molecule has 1 aliphatic rings. The van der Waals surface area contributed by atoms with Crippen molar-refractivity contribution in [3.05, 3.63) is 11.8 Å². The summed E-state index contributed by atoms with van der Waals surface area (Å²) in [7, 11) is 0. The third-order valence-corrected chi connectivity index (χ3v) is 3.52. The second-order valence-corrected chi connectivity index (χ2v) is 5.64. The Morgan fingerprint density at radius 2 is 2.14 bits per heavy atom. The fraction of sp³-hybridized carbons (Fsp3) is 0.733. The molecule has 0 radical (unpaired) electrons. The predicted octanol–water partition coefficient (Wildman–Crippen LogP) is 2.42. The summed E-state index contributed by atoms with van der Waals surface area (Å²) < 4.78 is 21.3. The Hall–Kier alpha value is -1.60. The summed E-state index contributed by atoms with van der Waals surface area (Å²) in [6.45, 7) is 5.50. The number of hydrogen-bond donors (Lipinski definition) is 1. The van der Waals surface area contributed by atoms with Crippen LogP contribution < -0.4 is 4.74 Å². The van der Waals surface area contributed by atoms with Crippen molar-refractivity contribution in [1.82, 2.24) is 5.16 Å². The van der Waals surface area contributed by atoms with Crippen molar-refractivity contribution >= 4 is 5.97 Å². The molecule has 1 fully saturated rings. The van der Waals surface area contributed by atoms with Crippen molar-refractivity contribution in [2.75, 3.05) is 19.8 Å². The summed E-state index contributed by atoms with van der Waals surface area (Å²) in [5.41, 5.74) is 0. The lowest BCUT2D eigenvalue weighted by Gasteiger charge is -2.11. The first-order valence-electron chi connectivity index (χ1n) is 7.63. The first-order chi connectivity index (χ1) is 10.6. The maximum Gasteiger partial charge on any atom is 0.314 e. The Morgan fingerprint density at radius 3 is 2.77 bits per heavy atom. The number of unbranched alkanes of at least 4 members (excludes halogenated alkanes) is 1. The maximum absolute atomic E-state index is 11.2. The molecule has 0 saturated carbocycles. The fourth-order valence-electron chi connectivity index (χ4n) is 2.39. The minimum atomic E-state index is -0.922. The van der Waals surface area contributed by atoms with Gasteiger partial charge in [-0.2, -0.15) is 0 Å². The molecule has 0 aromatic carbocycles. The van der Waals surface area contributed by atoms with Gasteiger partial charge in [-0.1, -0.05) is 13.8 Å². The molecule has 0 bridgehead atoms. The largest absolute Gasteiger partial charge is 0.481 e. The molecule has 2 heterocycles. The minimum absolute atomic E-state index is 0.0790. The molecule has 1 aromatic rings. The van der Waals surface area contributed by atoms with Gasteiger partial charge in [0, 0.05) is 6.07 Å². The zero-order chi connectivity index (χ0) is 15.9. The first kappa shape index (κ1) is 16.8. The zero-order valence-corrected chi connectivity index (χ0v) is 13.0. The third kappa shape index (κ3) is 4.71. The van der Waals surface area contributed by atoms with Gasteiger partial charge in [-0.3, -0.25) is 4.79 Å². The summed E-state index contributed by atoms with van der Waals surface area (Å²) in [5, 5.41) is 13.0. The molecular formula is C15H23NO6. The number of rotatable bonds is 9. The molecule has 1 aromatic heterocycles. The van der Waals surface area contributed by atoms with E-state index in [4.69, 9.17) is 18.7 Å². The van der Waals surface area contributed by atoms with E-state index in [2.05, 4.69) is 5.16 Å². The zero-order valence-electron chi connectivity index (χ0n) is 13.0. The van der Waals surface area contributed by atoms with Gasteiger partial charge < -0.3 is 23.8 Å². The summed E-state index contributed by atoms with van der Waals surface area (Å²) in [5.74, 6) is -1.05. The lowest BCUT2D eigenvalue weighted by atomic mass is 9.94. The number of ether oxygens (including phenoxy) is 3. The van der Waals surface area contributed by atoms with Gasteiger partial charge in [0.05, 0.1) is 19.8 Å². The molecule has 124 valence electrons. The molecule has 1 unspecified atom stereocenters. The monoisotopic (exact) mass is 313 g/mol. The van der Waals surface area contributed by atoms with E-state index in [0.717, 1.165) is 19.3 Å². The van der Waals surface area contributed by atoms with Crippen LogP contribution in [0.15, 0.2) is 10.6 Å². The van der Waals surface area contributed by atoms with E-state index in [-0.39, 0.29) is 12.2 Å². The molecule has 0 amide bonds. The highest BCUT2D eigenvalue weighted by Crippen LogP contribution is 2.27. The number of carboxylic acids is 1. The van der Waals surface area contributed by atoms with Crippen LogP contribution in [0.3, 0.4) is 0 Å².